The monoisotopic (exact) mass is 463 g/mol. The molecule has 0 amide bonds. The zero-order chi connectivity index (χ0) is 23.7. The Morgan fingerprint density at radius 2 is 1.79 bits per heavy atom. The first-order chi connectivity index (χ1) is 16.5. The van der Waals surface area contributed by atoms with E-state index in [9.17, 15) is 13.6 Å². The van der Waals surface area contributed by atoms with Gasteiger partial charge in [-0.3, -0.25) is 9.48 Å². The van der Waals surface area contributed by atoms with Crippen molar-refractivity contribution in [1.82, 2.24) is 24.6 Å². The number of hydrogen-bond donors (Lipinski definition) is 1. The number of benzene rings is 2. The van der Waals surface area contributed by atoms with Crippen molar-refractivity contribution < 1.29 is 13.5 Å². The maximum absolute atomic E-state index is 13.7. The second-order valence-corrected chi connectivity index (χ2v) is 8.17. The molecule has 1 N–H and O–H groups in total. The summed E-state index contributed by atoms with van der Waals surface area (Å²) in [5, 5.41) is 3.32. The molecule has 1 fully saturated rings. The lowest BCUT2D eigenvalue weighted by Crippen LogP contribution is -2.35. The Bertz CT molecular complexity index is 1380. The van der Waals surface area contributed by atoms with Gasteiger partial charge in [0, 0.05) is 19.3 Å². The van der Waals surface area contributed by atoms with Crippen LogP contribution in [0.4, 0.5) is 8.78 Å². The molecule has 0 unspecified atom stereocenters. The lowest BCUT2D eigenvalue weighted by Gasteiger charge is -2.25. The third-order valence-corrected chi connectivity index (χ3v) is 5.97. The highest BCUT2D eigenvalue weighted by molar-refractivity contribution is 5.79. The van der Waals surface area contributed by atoms with Crippen LogP contribution in [0.25, 0.3) is 22.5 Å². The molecule has 0 radical (unpaired) electrons. The van der Waals surface area contributed by atoms with E-state index in [-0.39, 0.29) is 29.2 Å². The van der Waals surface area contributed by atoms with Crippen LogP contribution in [0.1, 0.15) is 18.9 Å². The highest BCUT2D eigenvalue weighted by Crippen LogP contribution is 2.32. The standard InChI is InChI=1S/C25H23F2N5O2/c1-31-23(21-11-14-29-25(30-21)34-20-4-2-3-18(27)15-20)22(16-5-7-17(26)8-6-16)24(33)32(31)19-9-12-28-13-10-19/h2-8,11,14-15,19,28H,9-10,12-13H2,1H3. The number of ether oxygens (including phenoxy) is 1. The Morgan fingerprint density at radius 3 is 2.53 bits per heavy atom. The van der Waals surface area contributed by atoms with E-state index in [1.54, 1.807) is 28.9 Å². The number of nitrogens with zero attached hydrogens (tertiary/aromatic N) is 4. The van der Waals surface area contributed by atoms with Crippen molar-refractivity contribution >= 4 is 0 Å². The summed E-state index contributed by atoms with van der Waals surface area (Å²) in [6.07, 6.45) is 3.16. The molecule has 2 aromatic carbocycles. The molecule has 1 aliphatic heterocycles. The molecule has 9 heteroatoms. The van der Waals surface area contributed by atoms with Crippen LogP contribution in [-0.2, 0) is 7.05 Å². The molecule has 0 spiro atoms. The van der Waals surface area contributed by atoms with E-state index >= 15 is 0 Å². The largest absolute Gasteiger partial charge is 0.424 e. The second kappa shape index (κ2) is 9.18. The number of aromatic nitrogens is 4. The van der Waals surface area contributed by atoms with E-state index in [1.165, 1.54) is 36.5 Å². The van der Waals surface area contributed by atoms with Gasteiger partial charge in [-0.05, 0) is 61.8 Å². The summed E-state index contributed by atoms with van der Waals surface area (Å²) < 4.78 is 36.4. The molecule has 1 aliphatic rings. The molecular weight excluding hydrogens is 440 g/mol. The maximum Gasteiger partial charge on any atom is 0.322 e. The summed E-state index contributed by atoms with van der Waals surface area (Å²) in [6, 6.07) is 13.3. The number of rotatable bonds is 5. The Labute approximate surface area is 194 Å². The molecule has 2 aromatic heterocycles. The van der Waals surface area contributed by atoms with Gasteiger partial charge in [-0.2, -0.15) is 4.98 Å². The van der Waals surface area contributed by atoms with Gasteiger partial charge in [-0.15, -0.1) is 0 Å². The van der Waals surface area contributed by atoms with Crippen LogP contribution in [0.3, 0.4) is 0 Å². The van der Waals surface area contributed by atoms with Crippen LogP contribution in [0.2, 0.25) is 0 Å². The average Bonchev–Trinajstić information content (AvgIpc) is 3.10. The van der Waals surface area contributed by atoms with Gasteiger partial charge >= 0.3 is 6.01 Å². The van der Waals surface area contributed by atoms with Crippen LogP contribution >= 0.6 is 0 Å². The molecule has 4 aromatic rings. The zero-order valence-electron chi connectivity index (χ0n) is 18.5. The topological polar surface area (TPSA) is 74.0 Å². The summed E-state index contributed by atoms with van der Waals surface area (Å²) in [7, 11) is 1.82. The second-order valence-electron chi connectivity index (χ2n) is 8.17. The Balaban J connectivity index is 1.64. The van der Waals surface area contributed by atoms with Crippen molar-refractivity contribution in [3.05, 3.63) is 82.8 Å². The molecule has 1 saturated heterocycles. The number of halogens is 2. The quantitative estimate of drug-likeness (QED) is 0.478. The van der Waals surface area contributed by atoms with Crippen LogP contribution in [0.5, 0.6) is 11.8 Å². The van der Waals surface area contributed by atoms with Gasteiger partial charge in [0.1, 0.15) is 17.4 Å². The minimum absolute atomic E-state index is 0.0234. The van der Waals surface area contributed by atoms with E-state index in [2.05, 4.69) is 15.3 Å². The van der Waals surface area contributed by atoms with Gasteiger partial charge in [0.05, 0.1) is 23.0 Å². The molecule has 5 rings (SSSR count). The van der Waals surface area contributed by atoms with Crippen molar-refractivity contribution in [3.8, 4) is 34.3 Å². The van der Waals surface area contributed by atoms with Crippen LogP contribution in [0, 0.1) is 11.6 Å². The Morgan fingerprint density at radius 1 is 1.03 bits per heavy atom. The van der Waals surface area contributed by atoms with Crippen LogP contribution < -0.4 is 15.6 Å². The van der Waals surface area contributed by atoms with Gasteiger partial charge < -0.3 is 10.1 Å². The van der Waals surface area contributed by atoms with Crippen molar-refractivity contribution in [2.75, 3.05) is 13.1 Å². The van der Waals surface area contributed by atoms with E-state index in [4.69, 9.17) is 4.74 Å². The third-order valence-electron chi connectivity index (χ3n) is 5.97. The molecule has 3 heterocycles. The fraction of sp³-hybridized carbons (Fsp3) is 0.240. The highest BCUT2D eigenvalue weighted by Gasteiger charge is 2.27. The summed E-state index contributed by atoms with van der Waals surface area (Å²) in [5.41, 5.74) is 1.89. The van der Waals surface area contributed by atoms with Crippen molar-refractivity contribution in [2.45, 2.75) is 18.9 Å². The van der Waals surface area contributed by atoms with Crippen molar-refractivity contribution in [2.24, 2.45) is 7.05 Å². The fourth-order valence-corrected chi connectivity index (χ4v) is 4.41. The summed E-state index contributed by atoms with van der Waals surface area (Å²) in [4.78, 5) is 22.4. The van der Waals surface area contributed by atoms with Crippen molar-refractivity contribution in [3.63, 3.8) is 0 Å². The minimum atomic E-state index is -0.436. The van der Waals surface area contributed by atoms with Gasteiger partial charge in [0.15, 0.2) is 0 Å². The number of hydrogen-bond acceptors (Lipinski definition) is 5. The lowest BCUT2D eigenvalue weighted by molar-refractivity contribution is 0.307. The van der Waals surface area contributed by atoms with Crippen molar-refractivity contribution in [1.29, 1.82) is 0 Å². The molecule has 0 bridgehead atoms. The van der Waals surface area contributed by atoms with E-state index in [0.717, 1.165) is 25.9 Å². The highest BCUT2D eigenvalue weighted by atomic mass is 19.1. The Kier molecular flexibility index (Phi) is 5.93. The zero-order valence-corrected chi connectivity index (χ0v) is 18.5. The van der Waals surface area contributed by atoms with Gasteiger partial charge in [-0.1, -0.05) is 18.2 Å². The van der Waals surface area contributed by atoms with E-state index < -0.39 is 5.82 Å². The lowest BCUT2D eigenvalue weighted by atomic mass is 10.0. The normalized spacial score (nSPS) is 14.3. The van der Waals surface area contributed by atoms with Gasteiger partial charge in [0.2, 0.25) is 0 Å². The van der Waals surface area contributed by atoms with Gasteiger partial charge in [0.25, 0.3) is 5.56 Å². The molecule has 0 saturated carbocycles. The molecule has 0 atom stereocenters. The van der Waals surface area contributed by atoms with Gasteiger partial charge in [-0.25, -0.2) is 18.4 Å². The molecule has 174 valence electrons. The summed E-state index contributed by atoms with van der Waals surface area (Å²) in [5.74, 6) is -0.557. The number of piperidine rings is 1. The fourth-order valence-electron chi connectivity index (χ4n) is 4.41. The van der Waals surface area contributed by atoms with Crippen LogP contribution in [-0.4, -0.2) is 32.4 Å². The first-order valence-corrected chi connectivity index (χ1v) is 11.1. The molecule has 0 aliphatic carbocycles. The maximum atomic E-state index is 13.7. The molecule has 34 heavy (non-hydrogen) atoms. The predicted octanol–water partition coefficient (Wildman–Crippen LogP) is 4.31. The average molecular weight is 463 g/mol. The summed E-state index contributed by atoms with van der Waals surface area (Å²) >= 11 is 0. The first kappa shape index (κ1) is 22.0. The smallest absolute Gasteiger partial charge is 0.322 e. The predicted molar refractivity (Wildman–Crippen MR) is 124 cm³/mol. The SMILES string of the molecule is Cn1c(-c2ccnc(Oc3cccc(F)c3)n2)c(-c2ccc(F)cc2)c(=O)n1C1CCNCC1. The number of nitrogens with one attached hydrogen (secondary N) is 1. The van der Waals surface area contributed by atoms with E-state index in [1.807, 2.05) is 11.7 Å². The third kappa shape index (κ3) is 4.22. The molecule has 7 nitrogen and oxygen atoms in total. The van der Waals surface area contributed by atoms with E-state index in [0.29, 0.717) is 22.5 Å². The Hall–Kier alpha value is -3.85. The molecular formula is C25H23F2N5O2. The summed E-state index contributed by atoms with van der Waals surface area (Å²) in [6.45, 7) is 1.64. The first-order valence-electron chi connectivity index (χ1n) is 11.1. The minimum Gasteiger partial charge on any atom is -0.424 e. The van der Waals surface area contributed by atoms with Crippen LogP contribution in [0.15, 0.2) is 65.6 Å².